The average molecular weight is 212 g/mol. The van der Waals surface area contributed by atoms with Gasteiger partial charge in [0.2, 0.25) is 5.91 Å². The van der Waals surface area contributed by atoms with Gasteiger partial charge in [0.15, 0.2) is 0 Å². The van der Waals surface area contributed by atoms with Crippen LogP contribution < -0.4 is 5.32 Å². The van der Waals surface area contributed by atoms with E-state index in [9.17, 15) is 4.79 Å². The SMILES string of the molecule is CCC(C)N(CC)C(=O)C(C)C1CNC1. The molecule has 2 unspecified atom stereocenters. The number of rotatable bonds is 5. The summed E-state index contributed by atoms with van der Waals surface area (Å²) in [5.74, 6) is 1.06. The monoisotopic (exact) mass is 212 g/mol. The van der Waals surface area contributed by atoms with Crippen LogP contribution in [0.5, 0.6) is 0 Å². The summed E-state index contributed by atoms with van der Waals surface area (Å²) < 4.78 is 0. The van der Waals surface area contributed by atoms with Gasteiger partial charge in [0.1, 0.15) is 0 Å². The second-order valence-electron chi connectivity index (χ2n) is 4.59. The maximum atomic E-state index is 12.2. The van der Waals surface area contributed by atoms with E-state index in [4.69, 9.17) is 0 Å². The van der Waals surface area contributed by atoms with Crippen molar-refractivity contribution < 1.29 is 4.79 Å². The molecule has 2 atom stereocenters. The highest BCUT2D eigenvalue weighted by Gasteiger charge is 2.32. The van der Waals surface area contributed by atoms with Crippen molar-refractivity contribution in [3.63, 3.8) is 0 Å². The van der Waals surface area contributed by atoms with E-state index in [0.29, 0.717) is 17.9 Å². The minimum atomic E-state index is 0.181. The van der Waals surface area contributed by atoms with Crippen LogP contribution in [-0.4, -0.2) is 36.5 Å². The Morgan fingerprint density at radius 1 is 1.40 bits per heavy atom. The van der Waals surface area contributed by atoms with Crippen molar-refractivity contribution in [2.24, 2.45) is 11.8 Å². The first-order valence-electron chi connectivity index (χ1n) is 6.12. The number of carbonyl (C=O) groups excluding carboxylic acids is 1. The molecule has 3 nitrogen and oxygen atoms in total. The van der Waals surface area contributed by atoms with E-state index >= 15 is 0 Å². The first-order valence-corrected chi connectivity index (χ1v) is 6.12. The number of hydrogen-bond acceptors (Lipinski definition) is 2. The van der Waals surface area contributed by atoms with E-state index in [1.54, 1.807) is 0 Å². The lowest BCUT2D eigenvalue weighted by atomic mass is 9.87. The Bertz CT molecular complexity index is 214. The van der Waals surface area contributed by atoms with E-state index in [0.717, 1.165) is 26.1 Å². The van der Waals surface area contributed by atoms with Crippen LogP contribution in [0, 0.1) is 11.8 Å². The van der Waals surface area contributed by atoms with E-state index in [-0.39, 0.29) is 5.92 Å². The summed E-state index contributed by atoms with van der Waals surface area (Å²) in [6, 6.07) is 0.373. The van der Waals surface area contributed by atoms with Crippen LogP contribution >= 0.6 is 0 Å². The van der Waals surface area contributed by atoms with Crippen molar-refractivity contribution >= 4 is 5.91 Å². The van der Waals surface area contributed by atoms with Crippen LogP contribution in [-0.2, 0) is 4.79 Å². The van der Waals surface area contributed by atoms with Gasteiger partial charge in [-0.05, 0) is 39.3 Å². The Labute approximate surface area is 93.2 Å². The van der Waals surface area contributed by atoms with E-state index in [1.165, 1.54) is 0 Å². The molecule has 1 fully saturated rings. The zero-order valence-corrected chi connectivity index (χ0v) is 10.4. The molecule has 0 aromatic carbocycles. The molecule has 0 radical (unpaired) electrons. The Kier molecular flexibility index (Phi) is 4.58. The second kappa shape index (κ2) is 5.50. The molecule has 0 spiro atoms. The standard InChI is InChI=1S/C12H24N2O/c1-5-9(3)14(6-2)12(15)10(4)11-7-13-8-11/h9-11,13H,5-8H2,1-4H3. The summed E-state index contributed by atoms with van der Waals surface area (Å²) in [6.45, 7) is 11.2. The van der Waals surface area contributed by atoms with Gasteiger partial charge in [-0.2, -0.15) is 0 Å². The largest absolute Gasteiger partial charge is 0.340 e. The lowest BCUT2D eigenvalue weighted by molar-refractivity contribution is -0.139. The van der Waals surface area contributed by atoms with Gasteiger partial charge in [0, 0.05) is 18.5 Å². The summed E-state index contributed by atoms with van der Waals surface area (Å²) in [5, 5.41) is 3.23. The second-order valence-corrected chi connectivity index (χ2v) is 4.59. The Morgan fingerprint density at radius 3 is 2.33 bits per heavy atom. The molecular weight excluding hydrogens is 188 g/mol. The molecule has 0 saturated carbocycles. The van der Waals surface area contributed by atoms with Crippen molar-refractivity contribution in [2.75, 3.05) is 19.6 Å². The first kappa shape index (κ1) is 12.5. The first-order chi connectivity index (χ1) is 7.11. The number of nitrogens with one attached hydrogen (secondary N) is 1. The highest BCUT2D eigenvalue weighted by molar-refractivity contribution is 5.79. The summed E-state index contributed by atoms with van der Waals surface area (Å²) in [4.78, 5) is 14.2. The third-order valence-electron chi connectivity index (χ3n) is 3.66. The quantitative estimate of drug-likeness (QED) is 0.749. The van der Waals surface area contributed by atoms with Gasteiger partial charge in [-0.15, -0.1) is 0 Å². The van der Waals surface area contributed by atoms with Crippen LogP contribution in [0.3, 0.4) is 0 Å². The van der Waals surface area contributed by atoms with Crippen LogP contribution in [0.15, 0.2) is 0 Å². The molecule has 0 aromatic heterocycles. The highest BCUT2D eigenvalue weighted by atomic mass is 16.2. The molecule has 1 saturated heterocycles. The molecule has 1 heterocycles. The minimum absolute atomic E-state index is 0.181. The summed E-state index contributed by atoms with van der Waals surface area (Å²) in [6.07, 6.45) is 1.04. The van der Waals surface area contributed by atoms with E-state index in [1.807, 2.05) is 4.90 Å². The van der Waals surface area contributed by atoms with E-state index < -0.39 is 0 Å². The van der Waals surface area contributed by atoms with Crippen LogP contribution in [0.1, 0.15) is 34.1 Å². The normalized spacial score (nSPS) is 20.5. The zero-order chi connectivity index (χ0) is 11.4. The Balaban J connectivity index is 2.54. The molecule has 88 valence electrons. The molecule has 1 rings (SSSR count). The molecule has 0 aromatic rings. The molecule has 3 heteroatoms. The molecule has 15 heavy (non-hydrogen) atoms. The van der Waals surface area contributed by atoms with Crippen LogP contribution in [0.25, 0.3) is 0 Å². The highest BCUT2D eigenvalue weighted by Crippen LogP contribution is 2.20. The average Bonchev–Trinajstić information content (AvgIpc) is 2.15. The third kappa shape index (κ3) is 2.71. The van der Waals surface area contributed by atoms with Crippen molar-refractivity contribution in [3.05, 3.63) is 0 Å². The summed E-state index contributed by atoms with van der Waals surface area (Å²) >= 11 is 0. The maximum absolute atomic E-state index is 12.2. The lowest BCUT2D eigenvalue weighted by Crippen LogP contribution is -2.51. The van der Waals surface area contributed by atoms with Crippen molar-refractivity contribution in [2.45, 2.75) is 40.2 Å². The van der Waals surface area contributed by atoms with Crippen molar-refractivity contribution in [3.8, 4) is 0 Å². The molecule has 0 aliphatic carbocycles. The summed E-state index contributed by atoms with van der Waals surface area (Å²) in [5.41, 5.74) is 0. The predicted molar refractivity (Wildman–Crippen MR) is 62.7 cm³/mol. The Hall–Kier alpha value is -0.570. The predicted octanol–water partition coefficient (Wildman–Crippen LogP) is 1.49. The maximum Gasteiger partial charge on any atom is 0.226 e. The van der Waals surface area contributed by atoms with Crippen LogP contribution in [0.4, 0.5) is 0 Å². The zero-order valence-electron chi connectivity index (χ0n) is 10.4. The lowest BCUT2D eigenvalue weighted by Gasteiger charge is -2.36. The number of nitrogens with zero attached hydrogens (tertiary/aromatic N) is 1. The van der Waals surface area contributed by atoms with Gasteiger partial charge in [-0.25, -0.2) is 0 Å². The molecule has 1 amide bonds. The third-order valence-corrected chi connectivity index (χ3v) is 3.66. The molecule has 1 N–H and O–H groups in total. The number of amides is 1. The molecule has 1 aliphatic heterocycles. The molecule has 0 bridgehead atoms. The van der Waals surface area contributed by atoms with Gasteiger partial charge < -0.3 is 10.2 Å². The smallest absolute Gasteiger partial charge is 0.226 e. The van der Waals surface area contributed by atoms with Gasteiger partial charge in [-0.1, -0.05) is 13.8 Å². The van der Waals surface area contributed by atoms with Gasteiger partial charge in [0.05, 0.1) is 0 Å². The van der Waals surface area contributed by atoms with Gasteiger partial charge >= 0.3 is 0 Å². The fourth-order valence-electron chi connectivity index (χ4n) is 2.03. The van der Waals surface area contributed by atoms with E-state index in [2.05, 4.69) is 33.0 Å². The number of hydrogen-bond donors (Lipinski definition) is 1. The number of carbonyl (C=O) groups is 1. The van der Waals surface area contributed by atoms with Gasteiger partial charge in [-0.3, -0.25) is 4.79 Å². The molecular formula is C12H24N2O. The Morgan fingerprint density at radius 2 is 2.00 bits per heavy atom. The van der Waals surface area contributed by atoms with Crippen LogP contribution in [0.2, 0.25) is 0 Å². The fraction of sp³-hybridized carbons (Fsp3) is 0.917. The minimum Gasteiger partial charge on any atom is -0.340 e. The summed E-state index contributed by atoms with van der Waals surface area (Å²) in [7, 11) is 0. The van der Waals surface area contributed by atoms with Crippen molar-refractivity contribution in [1.82, 2.24) is 10.2 Å². The fourth-order valence-corrected chi connectivity index (χ4v) is 2.03. The van der Waals surface area contributed by atoms with Crippen molar-refractivity contribution in [1.29, 1.82) is 0 Å². The van der Waals surface area contributed by atoms with Gasteiger partial charge in [0.25, 0.3) is 0 Å². The topological polar surface area (TPSA) is 32.3 Å². The molecule has 1 aliphatic rings.